The molecule has 0 aromatic heterocycles. The Balaban J connectivity index is 2.49. The van der Waals surface area contributed by atoms with Crippen molar-refractivity contribution in [3.63, 3.8) is 0 Å². The van der Waals surface area contributed by atoms with Gasteiger partial charge in [-0.3, -0.25) is 4.90 Å². The maximum Gasteiger partial charge on any atom is 0.418 e. The van der Waals surface area contributed by atoms with Crippen molar-refractivity contribution in [3.8, 4) is 0 Å². The van der Waals surface area contributed by atoms with E-state index in [0.717, 1.165) is 6.42 Å². The summed E-state index contributed by atoms with van der Waals surface area (Å²) < 4.78 is 104. The lowest BCUT2D eigenvalue weighted by Gasteiger charge is -2.26. The first-order valence-electron chi connectivity index (χ1n) is 8.77. The molecule has 166 valence electrons. The minimum absolute atomic E-state index is 0.0128. The molecular weight excluding hydrogens is 426 g/mol. The number of nitrogens with two attached hydrogens (primary N) is 1. The first kappa shape index (κ1) is 23.9. The molecule has 0 amide bonds. The molecule has 5 nitrogen and oxygen atoms in total. The van der Waals surface area contributed by atoms with Crippen LogP contribution in [0.4, 0.5) is 26.3 Å². The summed E-state index contributed by atoms with van der Waals surface area (Å²) in [5.41, 5.74) is -5.34. The van der Waals surface area contributed by atoms with E-state index in [1.165, 1.54) is 0 Å². The predicted molar refractivity (Wildman–Crippen MR) is 92.3 cm³/mol. The maximum absolute atomic E-state index is 13.5. The first-order valence-corrected chi connectivity index (χ1v) is 10.3. The molecule has 0 saturated carbocycles. The van der Waals surface area contributed by atoms with Crippen LogP contribution in [-0.2, 0) is 28.8 Å². The van der Waals surface area contributed by atoms with E-state index >= 15 is 0 Å². The number of nitrogens with zero attached hydrogens (tertiary/aromatic N) is 1. The largest absolute Gasteiger partial charge is 0.418 e. The van der Waals surface area contributed by atoms with E-state index in [-0.39, 0.29) is 12.6 Å². The predicted octanol–water partition coefficient (Wildman–Crippen LogP) is 3.01. The molecule has 0 bridgehead atoms. The first-order chi connectivity index (χ1) is 13.0. The molecule has 1 aromatic carbocycles. The average molecular weight is 448 g/mol. The summed E-state index contributed by atoms with van der Waals surface area (Å²) in [6.45, 7) is 4.47. The van der Waals surface area contributed by atoms with Gasteiger partial charge in [0.2, 0.25) is 10.0 Å². The number of halogens is 6. The van der Waals surface area contributed by atoms with Crippen LogP contribution >= 0.6 is 0 Å². The van der Waals surface area contributed by atoms with E-state index in [1.54, 1.807) is 0 Å². The standard InChI is InChI=1S/C17H22F6N2O3S/c1-9-5-10(2)25(7-9)8-12(26)6-11-3-4-13(29(24,27)28)15(17(21,22)23)14(11)16(18,19)20/h3-4,9-10,12,26H,5-8H2,1-2H3,(H2,24,27,28)/t9?,10?,12-/m1/s1. The molecule has 1 fully saturated rings. The molecule has 3 N–H and O–H groups in total. The van der Waals surface area contributed by atoms with Crippen molar-refractivity contribution in [1.29, 1.82) is 0 Å². The zero-order chi connectivity index (χ0) is 22.4. The van der Waals surface area contributed by atoms with Gasteiger partial charge >= 0.3 is 12.4 Å². The van der Waals surface area contributed by atoms with E-state index in [2.05, 4.69) is 0 Å². The fraction of sp³-hybridized carbons (Fsp3) is 0.647. The van der Waals surface area contributed by atoms with Gasteiger partial charge in [-0.25, -0.2) is 13.6 Å². The van der Waals surface area contributed by atoms with Gasteiger partial charge in [0.15, 0.2) is 0 Å². The Kier molecular flexibility index (Phi) is 6.63. The monoisotopic (exact) mass is 448 g/mol. The van der Waals surface area contributed by atoms with Crippen molar-refractivity contribution >= 4 is 10.0 Å². The van der Waals surface area contributed by atoms with Gasteiger partial charge < -0.3 is 5.11 Å². The molecule has 1 aliphatic rings. The zero-order valence-electron chi connectivity index (χ0n) is 15.7. The zero-order valence-corrected chi connectivity index (χ0v) is 16.5. The summed E-state index contributed by atoms with van der Waals surface area (Å²) in [7, 11) is -5.07. The number of likely N-dealkylation sites (tertiary alicyclic amines) is 1. The number of rotatable bonds is 5. The Morgan fingerprint density at radius 1 is 1.14 bits per heavy atom. The van der Waals surface area contributed by atoms with Crippen LogP contribution in [0, 0.1) is 5.92 Å². The fourth-order valence-electron chi connectivity index (χ4n) is 3.87. The van der Waals surface area contributed by atoms with Crippen molar-refractivity contribution in [2.45, 2.75) is 56.1 Å². The van der Waals surface area contributed by atoms with Gasteiger partial charge in [-0.15, -0.1) is 0 Å². The SMILES string of the molecule is CC1CC(C)N(C[C@H](O)Cc2ccc(S(N)(=O)=O)c(C(F)(F)F)c2C(F)(F)F)C1. The summed E-state index contributed by atoms with van der Waals surface area (Å²) in [6, 6.07) is 1.10. The number of hydrogen-bond acceptors (Lipinski definition) is 4. The van der Waals surface area contributed by atoms with Gasteiger partial charge in [-0.1, -0.05) is 13.0 Å². The number of sulfonamides is 1. The number of aliphatic hydroxyl groups excluding tert-OH is 1. The molecule has 1 heterocycles. The third-order valence-electron chi connectivity index (χ3n) is 4.94. The summed E-state index contributed by atoms with van der Waals surface area (Å²) in [4.78, 5) is 0.198. The lowest BCUT2D eigenvalue weighted by Crippen LogP contribution is -2.36. The van der Waals surface area contributed by atoms with Gasteiger partial charge in [-0.05, 0) is 30.9 Å². The highest BCUT2D eigenvalue weighted by molar-refractivity contribution is 7.89. The maximum atomic E-state index is 13.5. The Morgan fingerprint density at radius 3 is 2.10 bits per heavy atom. The highest BCUT2D eigenvalue weighted by Gasteiger charge is 2.48. The number of primary sulfonamides is 1. The molecule has 3 atom stereocenters. The van der Waals surface area contributed by atoms with Crippen molar-refractivity contribution in [2.24, 2.45) is 11.1 Å². The molecule has 1 aliphatic heterocycles. The number of aliphatic hydroxyl groups is 1. The molecule has 2 unspecified atom stereocenters. The molecule has 1 aromatic rings. The van der Waals surface area contributed by atoms with Gasteiger partial charge in [0.1, 0.15) is 0 Å². The smallest absolute Gasteiger partial charge is 0.391 e. The van der Waals surface area contributed by atoms with Crippen LogP contribution in [0.25, 0.3) is 0 Å². The molecular formula is C17H22F6N2O3S. The Hall–Kier alpha value is -1.37. The molecule has 2 rings (SSSR count). The number of alkyl halides is 6. The van der Waals surface area contributed by atoms with Crippen LogP contribution in [-0.4, -0.2) is 43.7 Å². The van der Waals surface area contributed by atoms with Crippen molar-refractivity contribution in [2.75, 3.05) is 13.1 Å². The highest BCUT2D eigenvalue weighted by Crippen LogP contribution is 2.45. The Labute approximate surface area is 164 Å². The molecule has 0 radical (unpaired) electrons. The van der Waals surface area contributed by atoms with Crippen molar-refractivity contribution < 1.29 is 39.9 Å². The van der Waals surface area contributed by atoms with E-state index in [4.69, 9.17) is 5.14 Å². The summed E-state index contributed by atoms with van der Waals surface area (Å²) in [5, 5.41) is 15.0. The average Bonchev–Trinajstić information content (AvgIpc) is 2.81. The Bertz CT molecular complexity index is 854. The van der Waals surface area contributed by atoms with E-state index < -0.39 is 56.5 Å². The molecule has 1 saturated heterocycles. The van der Waals surface area contributed by atoms with Crippen molar-refractivity contribution in [3.05, 3.63) is 28.8 Å². The highest BCUT2D eigenvalue weighted by atomic mass is 32.2. The lowest BCUT2D eigenvalue weighted by atomic mass is 9.95. The minimum Gasteiger partial charge on any atom is -0.391 e. The molecule has 12 heteroatoms. The van der Waals surface area contributed by atoms with E-state index in [1.807, 2.05) is 18.7 Å². The Morgan fingerprint density at radius 2 is 1.69 bits per heavy atom. The molecule has 29 heavy (non-hydrogen) atoms. The van der Waals surface area contributed by atoms with Crippen LogP contribution < -0.4 is 5.14 Å². The third kappa shape index (κ3) is 5.62. The summed E-state index contributed by atoms with van der Waals surface area (Å²) in [6.07, 6.45) is -12.4. The fourth-order valence-corrected chi connectivity index (χ4v) is 4.63. The van der Waals surface area contributed by atoms with E-state index in [9.17, 15) is 39.9 Å². The second-order valence-corrected chi connectivity index (χ2v) is 9.04. The van der Waals surface area contributed by atoms with E-state index in [0.29, 0.717) is 24.6 Å². The topological polar surface area (TPSA) is 83.6 Å². The van der Waals surface area contributed by atoms with Gasteiger partial charge in [-0.2, -0.15) is 26.3 Å². The number of benzene rings is 1. The van der Waals surface area contributed by atoms with Gasteiger partial charge in [0, 0.05) is 25.6 Å². The number of β-amino-alcohol motifs (C(OH)–C–C–N with tert-alkyl or cyclic N) is 1. The van der Waals surface area contributed by atoms with Crippen molar-refractivity contribution in [1.82, 2.24) is 4.90 Å². The molecule has 0 aliphatic carbocycles. The second-order valence-electron chi connectivity index (χ2n) is 7.52. The minimum atomic E-state index is -5.62. The third-order valence-corrected chi connectivity index (χ3v) is 5.89. The second kappa shape index (κ2) is 8.05. The quantitative estimate of drug-likeness (QED) is 0.679. The molecule has 0 spiro atoms. The summed E-state index contributed by atoms with van der Waals surface area (Å²) in [5.74, 6) is 0.328. The van der Waals surface area contributed by atoms with Crippen LogP contribution in [0.2, 0.25) is 0 Å². The van der Waals surface area contributed by atoms with Gasteiger partial charge in [0.05, 0.1) is 22.1 Å². The number of hydrogen-bond donors (Lipinski definition) is 2. The van der Waals surface area contributed by atoms with Crippen LogP contribution in [0.1, 0.15) is 37.0 Å². The normalized spacial score (nSPS) is 22.8. The van der Waals surface area contributed by atoms with Crippen LogP contribution in [0.5, 0.6) is 0 Å². The van der Waals surface area contributed by atoms with Crippen LogP contribution in [0.3, 0.4) is 0 Å². The summed E-state index contributed by atoms with van der Waals surface area (Å²) >= 11 is 0. The lowest BCUT2D eigenvalue weighted by molar-refractivity contribution is -0.164. The van der Waals surface area contributed by atoms with Gasteiger partial charge in [0.25, 0.3) is 0 Å². The van der Waals surface area contributed by atoms with Crippen LogP contribution in [0.15, 0.2) is 17.0 Å².